The van der Waals surface area contributed by atoms with Crippen molar-refractivity contribution in [2.45, 2.75) is 12.8 Å². The first kappa shape index (κ1) is 11.8. The minimum absolute atomic E-state index is 0.945. The van der Waals surface area contributed by atoms with E-state index in [1.54, 1.807) is 6.20 Å². The quantitative estimate of drug-likeness (QED) is 0.803. The SMILES string of the molecule is CN=C1CCC(c2cc3ccccc3[nH]2)=CC1=CN. The second-order valence-corrected chi connectivity index (χ2v) is 4.73. The molecule has 3 nitrogen and oxygen atoms in total. The van der Waals surface area contributed by atoms with Crippen molar-refractivity contribution in [3.8, 4) is 0 Å². The molecule has 2 aromatic rings. The smallest absolute Gasteiger partial charge is 0.0458 e. The number of H-pyrrole nitrogens is 1. The lowest BCUT2D eigenvalue weighted by Gasteiger charge is -2.16. The summed E-state index contributed by atoms with van der Waals surface area (Å²) in [4.78, 5) is 7.75. The largest absolute Gasteiger partial charge is 0.404 e. The predicted octanol–water partition coefficient (Wildman–Crippen LogP) is 3.26. The molecule has 0 radical (unpaired) electrons. The molecule has 3 heteroatoms. The molecule has 3 N–H and O–H groups in total. The predicted molar refractivity (Wildman–Crippen MR) is 81.1 cm³/mol. The van der Waals surface area contributed by atoms with Gasteiger partial charge in [-0.25, -0.2) is 0 Å². The molecule has 0 aliphatic heterocycles. The maximum Gasteiger partial charge on any atom is 0.0458 e. The number of nitrogens with zero attached hydrogens (tertiary/aromatic N) is 1. The minimum atomic E-state index is 0.945. The highest BCUT2D eigenvalue weighted by atomic mass is 14.7. The summed E-state index contributed by atoms with van der Waals surface area (Å²) in [6, 6.07) is 10.5. The van der Waals surface area contributed by atoms with Crippen LogP contribution in [0.3, 0.4) is 0 Å². The Morgan fingerprint density at radius 1 is 1.26 bits per heavy atom. The lowest BCUT2D eigenvalue weighted by Crippen LogP contribution is -2.09. The fourth-order valence-corrected chi connectivity index (χ4v) is 2.58. The maximum absolute atomic E-state index is 5.69. The van der Waals surface area contributed by atoms with Gasteiger partial charge >= 0.3 is 0 Å². The summed E-state index contributed by atoms with van der Waals surface area (Å²) < 4.78 is 0. The summed E-state index contributed by atoms with van der Waals surface area (Å²) in [6.45, 7) is 0. The van der Waals surface area contributed by atoms with E-state index < -0.39 is 0 Å². The van der Waals surface area contributed by atoms with Crippen LogP contribution >= 0.6 is 0 Å². The third-order valence-electron chi connectivity index (χ3n) is 3.62. The van der Waals surface area contributed by atoms with Crippen LogP contribution in [0.5, 0.6) is 0 Å². The van der Waals surface area contributed by atoms with Gasteiger partial charge in [-0.2, -0.15) is 0 Å². The number of benzene rings is 1. The number of allylic oxidation sites excluding steroid dienone is 3. The van der Waals surface area contributed by atoms with Crippen molar-refractivity contribution in [2.24, 2.45) is 10.7 Å². The van der Waals surface area contributed by atoms with Gasteiger partial charge in [0.25, 0.3) is 0 Å². The van der Waals surface area contributed by atoms with Crippen LogP contribution in [0.25, 0.3) is 16.5 Å². The van der Waals surface area contributed by atoms with Crippen LogP contribution in [0.1, 0.15) is 18.5 Å². The van der Waals surface area contributed by atoms with E-state index in [-0.39, 0.29) is 0 Å². The second kappa shape index (κ2) is 4.76. The van der Waals surface area contributed by atoms with E-state index in [2.05, 4.69) is 40.3 Å². The highest BCUT2D eigenvalue weighted by Crippen LogP contribution is 2.29. The van der Waals surface area contributed by atoms with Gasteiger partial charge in [0, 0.05) is 35.7 Å². The van der Waals surface area contributed by atoms with Gasteiger partial charge in [-0.15, -0.1) is 0 Å². The number of fused-ring (bicyclic) bond motifs is 1. The van der Waals surface area contributed by atoms with E-state index in [1.165, 1.54) is 22.2 Å². The van der Waals surface area contributed by atoms with E-state index in [4.69, 9.17) is 5.73 Å². The highest BCUT2D eigenvalue weighted by molar-refractivity contribution is 6.06. The summed E-state index contributed by atoms with van der Waals surface area (Å²) in [6.07, 6.45) is 5.72. The van der Waals surface area contributed by atoms with E-state index >= 15 is 0 Å². The molecule has 19 heavy (non-hydrogen) atoms. The molecule has 1 heterocycles. The van der Waals surface area contributed by atoms with E-state index in [0.29, 0.717) is 0 Å². The van der Waals surface area contributed by atoms with Gasteiger partial charge in [-0.05, 0) is 42.0 Å². The number of rotatable bonds is 1. The van der Waals surface area contributed by atoms with Gasteiger partial charge in [-0.3, -0.25) is 4.99 Å². The van der Waals surface area contributed by atoms with Gasteiger partial charge in [0.1, 0.15) is 0 Å². The minimum Gasteiger partial charge on any atom is -0.404 e. The standard InChI is InChI=1S/C16H17N3/c1-18-14-7-6-12(8-13(14)10-17)16-9-11-4-2-3-5-15(11)19-16/h2-5,8-10,19H,6-7,17H2,1H3. The van der Waals surface area contributed by atoms with E-state index in [9.17, 15) is 0 Å². The molecule has 0 amide bonds. The Kier molecular flexibility index (Phi) is 2.95. The Morgan fingerprint density at radius 3 is 2.84 bits per heavy atom. The Hall–Kier alpha value is -2.29. The summed E-state index contributed by atoms with van der Waals surface area (Å²) in [5.41, 5.74) is 11.4. The Morgan fingerprint density at radius 2 is 2.11 bits per heavy atom. The van der Waals surface area contributed by atoms with Crippen molar-refractivity contribution < 1.29 is 0 Å². The number of aromatic nitrogens is 1. The third-order valence-corrected chi connectivity index (χ3v) is 3.62. The topological polar surface area (TPSA) is 54.2 Å². The first-order valence-corrected chi connectivity index (χ1v) is 6.48. The van der Waals surface area contributed by atoms with Crippen molar-refractivity contribution in [1.82, 2.24) is 4.98 Å². The molecule has 96 valence electrons. The monoisotopic (exact) mass is 251 g/mol. The van der Waals surface area contributed by atoms with Crippen LogP contribution in [0, 0.1) is 0 Å². The zero-order valence-electron chi connectivity index (χ0n) is 11.0. The van der Waals surface area contributed by atoms with Crippen molar-refractivity contribution in [3.63, 3.8) is 0 Å². The van der Waals surface area contributed by atoms with Crippen LogP contribution in [-0.2, 0) is 0 Å². The number of hydrogen-bond acceptors (Lipinski definition) is 2. The lowest BCUT2D eigenvalue weighted by atomic mass is 9.92. The first-order valence-electron chi connectivity index (χ1n) is 6.48. The number of aliphatic imine (C=N–C) groups is 1. The Balaban J connectivity index is 2.05. The molecule has 1 aromatic heterocycles. The van der Waals surface area contributed by atoms with Crippen LogP contribution in [0.15, 0.2) is 53.2 Å². The average Bonchev–Trinajstić information content (AvgIpc) is 2.90. The van der Waals surface area contributed by atoms with E-state index in [1.807, 2.05) is 13.1 Å². The van der Waals surface area contributed by atoms with Crippen molar-refractivity contribution in [2.75, 3.05) is 7.05 Å². The summed E-state index contributed by atoms with van der Waals surface area (Å²) in [5.74, 6) is 0. The maximum atomic E-state index is 5.69. The molecule has 0 fully saturated rings. The van der Waals surface area contributed by atoms with Gasteiger partial charge in [-0.1, -0.05) is 18.2 Å². The van der Waals surface area contributed by atoms with Crippen LogP contribution in [-0.4, -0.2) is 17.7 Å². The fraction of sp³-hybridized carbons (Fsp3) is 0.188. The molecular formula is C16H17N3. The molecule has 0 spiro atoms. The molecule has 0 saturated heterocycles. The molecular weight excluding hydrogens is 234 g/mol. The summed E-state index contributed by atoms with van der Waals surface area (Å²) in [7, 11) is 1.82. The Bertz CT molecular complexity index is 669. The number of para-hydroxylation sites is 1. The number of aromatic amines is 1. The fourth-order valence-electron chi connectivity index (χ4n) is 2.58. The van der Waals surface area contributed by atoms with E-state index in [0.717, 1.165) is 24.1 Å². The lowest BCUT2D eigenvalue weighted by molar-refractivity contribution is 1.07. The molecule has 0 saturated carbocycles. The molecule has 0 atom stereocenters. The number of hydrogen-bond donors (Lipinski definition) is 2. The first-order chi connectivity index (χ1) is 9.31. The van der Waals surface area contributed by atoms with Crippen LogP contribution < -0.4 is 5.73 Å². The molecule has 1 aromatic carbocycles. The van der Waals surface area contributed by atoms with Crippen molar-refractivity contribution in [1.29, 1.82) is 0 Å². The zero-order valence-corrected chi connectivity index (χ0v) is 11.0. The zero-order chi connectivity index (χ0) is 13.2. The number of nitrogens with one attached hydrogen (secondary N) is 1. The van der Waals surface area contributed by atoms with Crippen LogP contribution in [0.2, 0.25) is 0 Å². The molecule has 1 aliphatic rings. The summed E-state index contributed by atoms with van der Waals surface area (Å²) in [5, 5.41) is 1.24. The van der Waals surface area contributed by atoms with Gasteiger partial charge < -0.3 is 10.7 Å². The highest BCUT2D eigenvalue weighted by Gasteiger charge is 2.15. The molecule has 0 unspecified atom stereocenters. The normalized spacial score (nSPS) is 20.2. The Labute approximate surface area is 112 Å². The van der Waals surface area contributed by atoms with Crippen molar-refractivity contribution in [3.05, 3.63) is 53.9 Å². The van der Waals surface area contributed by atoms with Crippen molar-refractivity contribution >= 4 is 22.2 Å². The second-order valence-electron chi connectivity index (χ2n) is 4.73. The van der Waals surface area contributed by atoms with Gasteiger partial charge in [0.2, 0.25) is 0 Å². The molecule has 0 bridgehead atoms. The summed E-state index contributed by atoms with van der Waals surface area (Å²) >= 11 is 0. The van der Waals surface area contributed by atoms with Gasteiger partial charge in [0.05, 0.1) is 0 Å². The molecule has 1 aliphatic carbocycles. The number of nitrogens with two attached hydrogens (primary N) is 1. The average molecular weight is 251 g/mol. The van der Waals surface area contributed by atoms with Gasteiger partial charge in [0.15, 0.2) is 0 Å². The van der Waals surface area contributed by atoms with Crippen LogP contribution in [0.4, 0.5) is 0 Å². The third kappa shape index (κ3) is 2.08. The molecule has 3 rings (SSSR count).